The van der Waals surface area contributed by atoms with Gasteiger partial charge in [-0.05, 0) is 30.3 Å². The highest BCUT2D eigenvalue weighted by Gasteiger charge is 2.12. The molecule has 2 aromatic rings. The Morgan fingerprint density at radius 2 is 1.48 bits per heavy atom. The van der Waals surface area contributed by atoms with Crippen LogP contribution in [0, 0.1) is 0 Å². The minimum atomic E-state index is -1.48. The van der Waals surface area contributed by atoms with E-state index in [0.717, 1.165) is 6.08 Å². The summed E-state index contributed by atoms with van der Waals surface area (Å²) in [6.07, 6.45) is 1.43. The summed E-state index contributed by atoms with van der Waals surface area (Å²) in [7, 11) is 0. The number of benzene rings is 2. The van der Waals surface area contributed by atoms with Crippen LogP contribution < -0.4 is 15.7 Å². The SMILES string of the molecule is O=C([O-])/C=C/C(=O)Nc1ccccc1C(=O)Nc1ccccc1. The Bertz CT molecular complexity index is 754. The lowest BCUT2D eigenvalue weighted by Gasteiger charge is -2.10. The predicted octanol–water partition coefficient (Wildman–Crippen LogP) is 1.18. The van der Waals surface area contributed by atoms with Gasteiger partial charge in [0.1, 0.15) is 0 Å². The number of rotatable bonds is 5. The van der Waals surface area contributed by atoms with Crippen LogP contribution in [0.4, 0.5) is 11.4 Å². The van der Waals surface area contributed by atoms with E-state index in [1.165, 1.54) is 0 Å². The molecule has 0 aliphatic carbocycles. The van der Waals surface area contributed by atoms with E-state index in [-0.39, 0.29) is 11.3 Å². The molecule has 2 N–H and O–H groups in total. The average molecular weight is 309 g/mol. The maximum atomic E-state index is 12.3. The Kier molecular flexibility index (Phi) is 5.25. The van der Waals surface area contributed by atoms with Crippen LogP contribution in [0.25, 0.3) is 0 Å². The van der Waals surface area contributed by atoms with Crippen LogP contribution in [0.5, 0.6) is 0 Å². The highest BCUT2D eigenvalue weighted by atomic mass is 16.4. The summed E-state index contributed by atoms with van der Waals surface area (Å²) in [4.78, 5) is 34.2. The van der Waals surface area contributed by atoms with E-state index in [1.54, 1.807) is 48.5 Å². The maximum Gasteiger partial charge on any atom is 0.257 e. The second kappa shape index (κ2) is 7.56. The van der Waals surface area contributed by atoms with E-state index < -0.39 is 17.8 Å². The molecule has 0 saturated heterocycles. The number of anilines is 2. The number of hydrogen-bond donors (Lipinski definition) is 2. The standard InChI is InChI=1S/C17H14N2O4/c20-15(10-11-16(21)22)19-14-9-5-4-8-13(14)17(23)18-12-6-2-1-3-7-12/h1-11H,(H,18,23)(H,19,20)(H,21,22)/p-1/b11-10+. The normalized spacial score (nSPS) is 10.3. The van der Waals surface area contributed by atoms with Gasteiger partial charge in [-0.2, -0.15) is 0 Å². The molecule has 2 amide bonds. The molecule has 0 spiro atoms. The number of para-hydroxylation sites is 2. The van der Waals surface area contributed by atoms with Gasteiger partial charge < -0.3 is 20.5 Å². The number of amides is 2. The van der Waals surface area contributed by atoms with Gasteiger partial charge in [0, 0.05) is 11.8 Å². The molecular weight excluding hydrogens is 296 g/mol. The van der Waals surface area contributed by atoms with Crippen molar-refractivity contribution in [3.8, 4) is 0 Å². The zero-order chi connectivity index (χ0) is 16.7. The topological polar surface area (TPSA) is 98.3 Å². The molecule has 116 valence electrons. The smallest absolute Gasteiger partial charge is 0.257 e. The van der Waals surface area contributed by atoms with Crippen molar-refractivity contribution < 1.29 is 19.5 Å². The van der Waals surface area contributed by atoms with Crippen LogP contribution in [-0.2, 0) is 9.59 Å². The lowest BCUT2D eigenvalue weighted by Crippen LogP contribution is -2.20. The van der Waals surface area contributed by atoms with Crippen molar-refractivity contribution in [1.29, 1.82) is 0 Å². The van der Waals surface area contributed by atoms with Gasteiger partial charge in [-0.3, -0.25) is 9.59 Å². The summed E-state index contributed by atoms with van der Waals surface area (Å²) in [6.45, 7) is 0. The molecule has 23 heavy (non-hydrogen) atoms. The predicted molar refractivity (Wildman–Crippen MR) is 83.6 cm³/mol. The summed E-state index contributed by atoms with van der Waals surface area (Å²) in [6, 6.07) is 15.3. The summed E-state index contributed by atoms with van der Waals surface area (Å²) in [5.74, 6) is -2.54. The Morgan fingerprint density at radius 3 is 2.17 bits per heavy atom. The van der Waals surface area contributed by atoms with Crippen molar-refractivity contribution in [2.24, 2.45) is 0 Å². The molecule has 0 aliphatic rings. The zero-order valence-corrected chi connectivity index (χ0v) is 12.0. The molecule has 6 heteroatoms. The first-order chi connectivity index (χ1) is 11.1. The van der Waals surface area contributed by atoms with E-state index in [2.05, 4.69) is 10.6 Å². The van der Waals surface area contributed by atoms with Crippen LogP contribution in [0.3, 0.4) is 0 Å². The van der Waals surface area contributed by atoms with Gasteiger partial charge in [-0.15, -0.1) is 0 Å². The first-order valence-corrected chi connectivity index (χ1v) is 6.72. The minimum Gasteiger partial charge on any atom is -0.545 e. The molecule has 0 fully saturated rings. The van der Waals surface area contributed by atoms with Crippen LogP contribution >= 0.6 is 0 Å². The second-order valence-electron chi connectivity index (χ2n) is 4.51. The van der Waals surface area contributed by atoms with Gasteiger partial charge in [-0.25, -0.2) is 0 Å². The van der Waals surface area contributed by atoms with Crippen molar-refractivity contribution in [3.63, 3.8) is 0 Å². The van der Waals surface area contributed by atoms with E-state index in [0.29, 0.717) is 11.8 Å². The Balaban J connectivity index is 2.15. The lowest BCUT2D eigenvalue weighted by molar-refractivity contribution is -0.297. The fourth-order valence-corrected chi connectivity index (χ4v) is 1.83. The van der Waals surface area contributed by atoms with Gasteiger partial charge in [0.25, 0.3) is 5.91 Å². The van der Waals surface area contributed by atoms with E-state index in [4.69, 9.17) is 0 Å². The third kappa shape index (κ3) is 4.82. The lowest BCUT2D eigenvalue weighted by atomic mass is 10.1. The molecule has 0 unspecified atom stereocenters. The molecule has 0 bridgehead atoms. The van der Waals surface area contributed by atoms with Gasteiger partial charge >= 0.3 is 0 Å². The molecule has 0 radical (unpaired) electrons. The molecule has 0 atom stereocenters. The highest BCUT2D eigenvalue weighted by molar-refractivity contribution is 6.11. The number of carboxylic acids is 1. The van der Waals surface area contributed by atoms with Crippen LogP contribution in [-0.4, -0.2) is 17.8 Å². The molecule has 2 aromatic carbocycles. The Morgan fingerprint density at radius 1 is 0.826 bits per heavy atom. The summed E-state index contributed by atoms with van der Waals surface area (Å²) >= 11 is 0. The van der Waals surface area contributed by atoms with Crippen molar-refractivity contribution in [2.45, 2.75) is 0 Å². The third-order valence-corrected chi connectivity index (χ3v) is 2.83. The monoisotopic (exact) mass is 309 g/mol. The number of carboxylic acid groups (broad SMARTS) is 1. The quantitative estimate of drug-likeness (QED) is 0.810. The number of hydrogen-bond acceptors (Lipinski definition) is 4. The maximum absolute atomic E-state index is 12.3. The van der Waals surface area contributed by atoms with Crippen LogP contribution in [0.1, 0.15) is 10.4 Å². The molecule has 0 aliphatic heterocycles. The third-order valence-electron chi connectivity index (χ3n) is 2.83. The summed E-state index contributed by atoms with van der Waals surface area (Å²) in [5, 5.41) is 15.5. The molecule has 2 rings (SSSR count). The molecular formula is C17H13N2O4-. The van der Waals surface area contributed by atoms with Crippen LogP contribution in [0.15, 0.2) is 66.7 Å². The number of nitrogens with one attached hydrogen (secondary N) is 2. The van der Waals surface area contributed by atoms with Gasteiger partial charge in [-0.1, -0.05) is 30.3 Å². The molecule has 0 saturated carbocycles. The van der Waals surface area contributed by atoms with Crippen molar-refractivity contribution in [1.82, 2.24) is 0 Å². The fourth-order valence-electron chi connectivity index (χ4n) is 1.83. The largest absolute Gasteiger partial charge is 0.545 e. The summed E-state index contributed by atoms with van der Waals surface area (Å²) < 4.78 is 0. The van der Waals surface area contributed by atoms with Gasteiger partial charge in [0.15, 0.2) is 0 Å². The van der Waals surface area contributed by atoms with Gasteiger partial charge in [0.2, 0.25) is 5.91 Å². The number of carbonyl (C=O) groups excluding carboxylic acids is 3. The van der Waals surface area contributed by atoms with Crippen molar-refractivity contribution in [3.05, 3.63) is 72.3 Å². The molecule has 6 nitrogen and oxygen atoms in total. The Labute approximate surface area is 132 Å². The fraction of sp³-hybridized carbons (Fsp3) is 0. The molecule has 0 aromatic heterocycles. The average Bonchev–Trinajstić information content (AvgIpc) is 2.54. The van der Waals surface area contributed by atoms with E-state index in [1.807, 2.05) is 6.07 Å². The van der Waals surface area contributed by atoms with Crippen LogP contribution in [0.2, 0.25) is 0 Å². The number of aliphatic carboxylic acids is 1. The van der Waals surface area contributed by atoms with Crippen molar-refractivity contribution >= 4 is 29.2 Å². The Hall–Kier alpha value is -3.41. The van der Waals surface area contributed by atoms with Crippen molar-refractivity contribution in [2.75, 3.05) is 10.6 Å². The molecule has 0 heterocycles. The van der Waals surface area contributed by atoms with Gasteiger partial charge in [0.05, 0.1) is 17.2 Å². The second-order valence-corrected chi connectivity index (χ2v) is 4.51. The highest BCUT2D eigenvalue weighted by Crippen LogP contribution is 2.17. The first-order valence-electron chi connectivity index (χ1n) is 6.72. The zero-order valence-electron chi connectivity index (χ0n) is 12.0. The first kappa shape index (κ1) is 16.0. The van der Waals surface area contributed by atoms with E-state index in [9.17, 15) is 19.5 Å². The number of carbonyl (C=O) groups is 3. The summed E-state index contributed by atoms with van der Waals surface area (Å²) in [5.41, 5.74) is 1.15. The minimum absolute atomic E-state index is 0.256. The van der Waals surface area contributed by atoms with E-state index >= 15 is 0 Å².